The van der Waals surface area contributed by atoms with Gasteiger partial charge in [0.25, 0.3) is 0 Å². The van der Waals surface area contributed by atoms with Gasteiger partial charge >= 0.3 is 6.18 Å². The number of aromatic nitrogens is 6. The molecule has 1 aliphatic rings. The molecule has 1 aromatic carbocycles. The first-order valence-corrected chi connectivity index (χ1v) is 10.6. The molecule has 0 bridgehead atoms. The fraction of sp³-hybridized carbons (Fsp3) is 0.364. The highest BCUT2D eigenvalue weighted by Crippen LogP contribution is 2.40. The van der Waals surface area contributed by atoms with E-state index in [1.54, 1.807) is 17.1 Å². The number of fused-ring (bicyclic) bond motifs is 1. The predicted octanol–water partition coefficient (Wildman–Crippen LogP) is 3.32. The molecule has 1 aliphatic heterocycles. The Morgan fingerprint density at radius 3 is 2.70 bits per heavy atom. The van der Waals surface area contributed by atoms with E-state index in [0.717, 1.165) is 17.6 Å². The maximum atomic E-state index is 12.9. The molecule has 3 aromatic heterocycles. The summed E-state index contributed by atoms with van der Waals surface area (Å²) in [6, 6.07) is 8.04. The van der Waals surface area contributed by atoms with Gasteiger partial charge < -0.3 is 15.4 Å². The zero-order valence-corrected chi connectivity index (χ0v) is 17.7. The molecule has 4 aromatic rings. The smallest absolute Gasteiger partial charge is 0.385 e. The van der Waals surface area contributed by atoms with Crippen LogP contribution in [0.2, 0.25) is 0 Å². The van der Waals surface area contributed by atoms with Gasteiger partial charge in [-0.1, -0.05) is 17.3 Å². The Hall–Kier alpha value is -3.31. The van der Waals surface area contributed by atoms with Crippen LogP contribution in [0.4, 0.5) is 13.2 Å². The number of benzene rings is 1. The Bertz CT molecular complexity index is 1230. The molecular weight excluding hydrogens is 435 g/mol. The van der Waals surface area contributed by atoms with Crippen molar-refractivity contribution >= 4 is 11.2 Å². The number of halogens is 3. The molecule has 0 amide bonds. The normalized spacial score (nSPS) is 23.8. The Labute approximate surface area is 186 Å². The molecule has 33 heavy (non-hydrogen) atoms. The van der Waals surface area contributed by atoms with Gasteiger partial charge in [0.1, 0.15) is 12.4 Å². The summed E-state index contributed by atoms with van der Waals surface area (Å²) >= 11 is 0. The Balaban J connectivity index is 1.34. The molecule has 0 spiro atoms. The summed E-state index contributed by atoms with van der Waals surface area (Å²) in [5.41, 5.74) is 0.525. The number of imidazole rings is 1. The van der Waals surface area contributed by atoms with Crippen LogP contribution in [0.5, 0.6) is 0 Å². The molecule has 11 heteroatoms. The Morgan fingerprint density at radius 2 is 1.97 bits per heavy atom. The molecule has 1 unspecified atom stereocenters. The van der Waals surface area contributed by atoms with Gasteiger partial charge in [-0.3, -0.25) is 0 Å². The molecule has 172 valence electrons. The van der Waals surface area contributed by atoms with Crippen LogP contribution < -0.4 is 5.32 Å². The topological polar surface area (TPSA) is 105 Å². The van der Waals surface area contributed by atoms with Crippen molar-refractivity contribution in [3.8, 4) is 0 Å². The van der Waals surface area contributed by atoms with Crippen LogP contribution in [-0.2, 0) is 18.3 Å². The van der Waals surface area contributed by atoms with Gasteiger partial charge in [-0.05, 0) is 43.2 Å². The summed E-state index contributed by atoms with van der Waals surface area (Å²) in [7, 11) is 0. The standard InChI is InChI=1S/C22H22F3N7O/c1-13-9-21(33,14-4-6-15(7-5-14)22(23,24)25)10-17(27-13)18-11-32(31-30-18)12-19-28-16-3-2-8-26-20(16)29-19/h2-8,11,13,17,27,33H,9-10,12H2,1H3,(H,26,28,29)/t13-,17-,21?/m0/s1. The van der Waals surface area contributed by atoms with Gasteiger partial charge in [0, 0.05) is 18.7 Å². The van der Waals surface area contributed by atoms with Gasteiger partial charge in [-0.15, -0.1) is 5.10 Å². The number of alkyl halides is 3. The molecule has 1 saturated heterocycles. The molecule has 5 rings (SSSR count). The van der Waals surface area contributed by atoms with Crippen LogP contribution >= 0.6 is 0 Å². The predicted molar refractivity (Wildman–Crippen MR) is 113 cm³/mol. The number of hydrogen-bond donors (Lipinski definition) is 3. The van der Waals surface area contributed by atoms with Crippen LogP contribution in [0.25, 0.3) is 11.2 Å². The van der Waals surface area contributed by atoms with Gasteiger partial charge in [0.05, 0.1) is 34.6 Å². The van der Waals surface area contributed by atoms with E-state index >= 15 is 0 Å². The number of aliphatic hydroxyl groups is 1. The highest BCUT2D eigenvalue weighted by Gasteiger charge is 2.41. The highest BCUT2D eigenvalue weighted by atomic mass is 19.4. The Morgan fingerprint density at radius 1 is 1.18 bits per heavy atom. The fourth-order valence-corrected chi connectivity index (χ4v) is 4.46. The van der Waals surface area contributed by atoms with Crippen molar-refractivity contribution in [2.24, 2.45) is 0 Å². The van der Waals surface area contributed by atoms with Crippen molar-refractivity contribution in [1.82, 2.24) is 35.3 Å². The number of hydrogen-bond acceptors (Lipinski definition) is 6. The number of nitrogens with zero attached hydrogens (tertiary/aromatic N) is 5. The first-order valence-electron chi connectivity index (χ1n) is 10.6. The summed E-state index contributed by atoms with van der Waals surface area (Å²) in [4.78, 5) is 11.8. The Kier molecular flexibility index (Phi) is 5.17. The van der Waals surface area contributed by atoms with Crippen molar-refractivity contribution < 1.29 is 18.3 Å². The molecule has 0 radical (unpaired) electrons. The summed E-state index contributed by atoms with van der Waals surface area (Å²) < 4.78 is 40.4. The molecule has 1 fully saturated rings. The van der Waals surface area contributed by atoms with Crippen molar-refractivity contribution in [3.63, 3.8) is 0 Å². The summed E-state index contributed by atoms with van der Waals surface area (Å²) in [6.45, 7) is 2.29. The fourth-order valence-electron chi connectivity index (χ4n) is 4.46. The molecule has 0 saturated carbocycles. The van der Waals surface area contributed by atoms with Crippen molar-refractivity contribution in [2.75, 3.05) is 0 Å². The van der Waals surface area contributed by atoms with E-state index in [-0.39, 0.29) is 18.5 Å². The van der Waals surface area contributed by atoms with E-state index < -0.39 is 17.3 Å². The van der Waals surface area contributed by atoms with E-state index in [1.807, 2.05) is 19.1 Å². The molecule has 3 atom stereocenters. The average Bonchev–Trinajstić information content (AvgIpc) is 3.39. The minimum atomic E-state index is -4.42. The molecule has 0 aliphatic carbocycles. The van der Waals surface area contributed by atoms with E-state index in [0.29, 0.717) is 35.7 Å². The van der Waals surface area contributed by atoms with Gasteiger partial charge in [-0.2, -0.15) is 13.2 Å². The van der Waals surface area contributed by atoms with E-state index in [4.69, 9.17) is 0 Å². The maximum Gasteiger partial charge on any atom is 0.416 e. The molecule has 4 heterocycles. The zero-order chi connectivity index (χ0) is 23.2. The van der Waals surface area contributed by atoms with E-state index in [2.05, 4.69) is 30.6 Å². The monoisotopic (exact) mass is 457 g/mol. The first-order chi connectivity index (χ1) is 15.7. The lowest BCUT2D eigenvalue weighted by Crippen LogP contribution is -2.47. The largest absolute Gasteiger partial charge is 0.416 e. The minimum absolute atomic E-state index is 0.0809. The lowest BCUT2D eigenvalue weighted by molar-refractivity contribution is -0.137. The van der Waals surface area contributed by atoms with Gasteiger partial charge in [-0.25, -0.2) is 14.6 Å². The van der Waals surface area contributed by atoms with Crippen molar-refractivity contribution in [2.45, 2.75) is 50.2 Å². The highest BCUT2D eigenvalue weighted by molar-refractivity contribution is 5.69. The quantitative estimate of drug-likeness (QED) is 0.434. The number of rotatable bonds is 4. The van der Waals surface area contributed by atoms with Crippen LogP contribution in [0, 0.1) is 0 Å². The second-order valence-electron chi connectivity index (χ2n) is 8.53. The van der Waals surface area contributed by atoms with Crippen LogP contribution in [-0.4, -0.2) is 41.1 Å². The lowest BCUT2D eigenvalue weighted by atomic mass is 9.78. The number of pyridine rings is 1. The number of nitrogens with one attached hydrogen (secondary N) is 2. The van der Waals surface area contributed by atoms with Crippen LogP contribution in [0.3, 0.4) is 0 Å². The zero-order valence-electron chi connectivity index (χ0n) is 17.7. The van der Waals surface area contributed by atoms with Crippen molar-refractivity contribution in [1.29, 1.82) is 0 Å². The number of H-pyrrole nitrogens is 1. The maximum absolute atomic E-state index is 12.9. The van der Waals surface area contributed by atoms with Crippen molar-refractivity contribution in [3.05, 3.63) is 71.4 Å². The number of piperidine rings is 1. The third kappa shape index (κ3) is 4.33. The first kappa shape index (κ1) is 21.5. The second kappa shape index (κ2) is 7.92. The minimum Gasteiger partial charge on any atom is -0.385 e. The van der Waals surface area contributed by atoms with E-state index in [1.165, 1.54) is 12.1 Å². The van der Waals surface area contributed by atoms with Gasteiger partial charge in [0.2, 0.25) is 0 Å². The summed E-state index contributed by atoms with van der Waals surface area (Å²) in [5.74, 6) is 0.686. The molecule has 3 N–H and O–H groups in total. The van der Waals surface area contributed by atoms with Crippen LogP contribution in [0.1, 0.15) is 48.5 Å². The van der Waals surface area contributed by atoms with E-state index in [9.17, 15) is 18.3 Å². The summed E-state index contributed by atoms with van der Waals surface area (Å²) in [5, 5.41) is 23.2. The third-order valence-electron chi connectivity index (χ3n) is 5.95. The third-order valence-corrected chi connectivity index (χ3v) is 5.95. The molecular formula is C22H22F3N7O. The molecule has 8 nitrogen and oxygen atoms in total. The number of aromatic amines is 1. The SMILES string of the molecule is C[C@H]1CC(O)(c2ccc(C(F)(F)F)cc2)C[C@@H](c2cn(Cc3nc4ncccc4[nH]3)nn2)N1. The average molecular weight is 457 g/mol. The van der Waals surface area contributed by atoms with Crippen LogP contribution in [0.15, 0.2) is 48.8 Å². The second-order valence-corrected chi connectivity index (χ2v) is 8.53. The van der Waals surface area contributed by atoms with Gasteiger partial charge in [0.15, 0.2) is 5.65 Å². The lowest BCUT2D eigenvalue weighted by Gasteiger charge is -2.40. The summed E-state index contributed by atoms with van der Waals surface area (Å²) in [6.07, 6.45) is -0.331.